The highest BCUT2D eigenvalue weighted by Gasteiger charge is 2.11. The summed E-state index contributed by atoms with van der Waals surface area (Å²) >= 11 is 0. The van der Waals surface area contributed by atoms with Crippen LogP contribution in [0.5, 0.6) is 0 Å². The third-order valence-electron chi connectivity index (χ3n) is 2.52. The first-order valence-electron chi connectivity index (χ1n) is 5.08. The van der Waals surface area contributed by atoms with Crippen LogP contribution in [0, 0.1) is 12.7 Å². The number of carbonyl (C=O) groups is 1. The standard InChI is InChI=1S/C12H11FN2O2/c1-8-4-5-14-15(8)7-9-2-3-11(13)10(6-9)12(16)17/h2-6H,7H2,1H3,(H,16,17). The normalized spacial score (nSPS) is 10.5. The highest BCUT2D eigenvalue weighted by molar-refractivity contribution is 5.88. The number of rotatable bonds is 3. The Labute approximate surface area is 97.3 Å². The number of aromatic carboxylic acids is 1. The number of hydrogen-bond acceptors (Lipinski definition) is 2. The third kappa shape index (κ3) is 2.33. The van der Waals surface area contributed by atoms with Crippen LogP contribution in [0.15, 0.2) is 30.5 Å². The van der Waals surface area contributed by atoms with Crippen molar-refractivity contribution in [3.8, 4) is 0 Å². The van der Waals surface area contributed by atoms with Crippen LogP contribution in [0.1, 0.15) is 21.6 Å². The second-order valence-corrected chi connectivity index (χ2v) is 3.75. The average molecular weight is 234 g/mol. The zero-order valence-corrected chi connectivity index (χ0v) is 9.22. The van der Waals surface area contributed by atoms with Crippen molar-refractivity contribution in [1.82, 2.24) is 9.78 Å². The Kier molecular flexibility index (Phi) is 2.91. The molecular weight excluding hydrogens is 223 g/mol. The van der Waals surface area contributed by atoms with Crippen molar-refractivity contribution in [3.63, 3.8) is 0 Å². The molecule has 1 N–H and O–H groups in total. The van der Waals surface area contributed by atoms with E-state index < -0.39 is 11.8 Å². The molecule has 2 rings (SSSR count). The summed E-state index contributed by atoms with van der Waals surface area (Å²) in [6.45, 7) is 2.33. The van der Waals surface area contributed by atoms with Crippen molar-refractivity contribution in [2.24, 2.45) is 0 Å². The lowest BCUT2D eigenvalue weighted by Crippen LogP contribution is -2.06. The Morgan fingerprint density at radius 3 is 2.82 bits per heavy atom. The minimum atomic E-state index is -1.26. The number of hydrogen-bond donors (Lipinski definition) is 1. The molecule has 0 amide bonds. The number of carboxylic acid groups (broad SMARTS) is 1. The number of aryl methyl sites for hydroxylation is 1. The van der Waals surface area contributed by atoms with E-state index in [0.717, 1.165) is 11.8 Å². The van der Waals surface area contributed by atoms with Gasteiger partial charge in [0, 0.05) is 11.9 Å². The van der Waals surface area contributed by atoms with Crippen molar-refractivity contribution in [2.75, 3.05) is 0 Å². The molecule has 17 heavy (non-hydrogen) atoms. The van der Waals surface area contributed by atoms with Crippen molar-refractivity contribution in [1.29, 1.82) is 0 Å². The van der Waals surface area contributed by atoms with Crippen LogP contribution in [0.4, 0.5) is 4.39 Å². The molecule has 0 unspecified atom stereocenters. The highest BCUT2D eigenvalue weighted by Crippen LogP contribution is 2.12. The molecule has 0 bridgehead atoms. The Morgan fingerprint density at radius 2 is 2.24 bits per heavy atom. The van der Waals surface area contributed by atoms with Gasteiger partial charge in [0.1, 0.15) is 5.82 Å². The van der Waals surface area contributed by atoms with Gasteiger partial charge in [-0.25, -0.2) is 9.18 Å². The predicted molar refractivity (Wildman–Crippen MR) is 59.4 cm³/mol. The number of carboxylic acids is 1. The molecule has 5 heteroatoms. The fourth-order valence-electron chi connectivity index (χ4n) is 1.57. The molecule has 0 aliphatic rings. The van der Waals surface area contributed by atoms with E-state index in [1.54, 1.807) is 16.9 Å². The first-order valence-corrected chi connectivity index (χ1v) is 5.08. The molecule has 0 saturated carbocycles. The van der Waals surface area contributed by atoms with E-state index in [1.165, 1.54) is 6.07 Å². The number of halogens is 1. The predicted octanol–water partition coefficient (Wildman–Crippen LogP) is 2.08. The Bertz CT molecular complexity index is 563. The topological polar surface area (TPSA) is 55.1 Å². The molecule has 0 radical (unpaired) electrons. The maximum atomic E-state index is 13.2. The van der Waals surface area contributed by atoms with Crippen LogP contribution in [-0.2, 0) is 6.54 Å². The fraction of sp³-hybridized carbons (Fsp3) is 0.167. The molecule has 1 aromatic carbocycles. The second-order valence-electron chi connectivity index (χ2n) is 3.75. The SMILES string of the molecule is Cc1ccnn1Cc1ccc(F)c(C(=O)O)c1. The van der Waals surface area contributed by atoms with Crippen LogP contribution in [0.25, 0.3) is 0 Å². The van der Waals surface area contributed by atoms with E-state index in [2.05, 4.69) is 5.10 Å². The lowest BCUT2D eigenvalue weighted by molar-refractivity contribution is 0.0691. The van der Waals surface area contributed by atoms with E-state index in [-0.39, 0.29) is 5.56 Å². The zero-order valence-electron chi connectivity index (χ0n) is 9.22. The second kappa shape index (κ2) is 4.37. The summed E-state index contributed by atoms with van der Waals surface area (Å²) in [5.41, 5.74) is 1.36. The summed E-state index contributed by atoms with van der Waals surface area (Å²) in [5, 5.41) is 12.9. The van der Waals surface area contributed by atoms with E-state index >= 15 is 0 Å². The van der Waals surface area contributed by atoms with Crippen LogP contribution < -0.4 is 0 Å². The van der Waals surface area contributed by atoms with Gasteiger partial charge in [0.15, 0.2) is 0 Å². The summed E-state index contributed by atoms with van der Waals surface area (Å²) in [7, 11) is 0. The van der Waals surface area contributed by atoms with Crippen LogP contribution >= 0.6 is 0 Å². The minimum absolute atomic E-state index is 0.313. The van der Waals surface area contributed by atoms with Crippen molar-refractivity contribution in [3.05, 3.63) is 53.1 Å². The van der Waals surface area contributed by atoms with Gasteiger partial charge in [-0.2, -0.15) is 5.10 Å². The molecule has 88 valence electrons. The average Bonchev–Trinajstić information content (AvgIpc) is 2.67. The number of benzene rings is 1. The molecule has 1 heterocycles. The lowest BCUT2D eigenvalue weighted by atomic mass is 10.1. The van der Waals surface area contributed by atoms with Crippen LogP contribution in [0.3, 0.4) is 0 Å². The largest absolute Gasteiger partial charge is 0.478 e. The summed E-state index contributed by atoms with van der Waals surface area (Å²) in [5.74, 6) is -1.99. The van der Waals surface area contributed by atoms with Crippen LogP contribution in [-0.4, -0.2) is 20.9 Å². The van der Waals surface area contributed by atoms with Gasteiger partial charge in [-0.05, 0) is 30.7 Å². The van der Waals surface area contributed by atoms with E-state index in [9.17, 15) is 9.18 Å². The first-order chi connectivity index (χ1) is 8.08. The lowest BCUT2D eigenvalue weighted by Gasteiger charge is -2.06. The Balaban J connectivity index is 2.32. The molecule has 4 nitrogen and oxygen atoms in total. The summed E-state index contributed by atoms with van der Waals surface area (Å²) in [6, 6.07) is 5.90. The number of nitrogens with zero attached hydrogens (tertiary/aromatic N) is 2. The van der Waals surface area contributed by atoms with Gasteiger partial charge in [0.2, 0.25) is 0 Å². The molecule has 0 fully saturated rings. The van der Waals surface area contributed by atoms with E-state index in [4.69, 9.17) is 5.11 Å². The van der Waals surface area contributed by atoms with Gasteiger partial charge < -0.3 is 5.11 Å². The van der Waals surface area contributed by atoms with Gasteiger partial charge in [0.05, 0.1) is 12.1 Å². The molecule has 0 aliphatic heterocycles. The van der Waals surface area contributed by atoms with Crippen molar-refractivity contribution < 1.29 is 14.3 Å². The molecule has 0 atom stereocenters. The highest BCUT2D eigenvalue weighted by atomic mass is 19.1. The minimum Gasteiger partial charge on any atom is -0.478 e. The quantitative estimate of drug-likeness (QED) is 0.884. The molecular formula is C12H11FN2O2. The summed E-state index contributed by atoms with van der Waals surface area (Å²) in [4.78, 5) is 10.8. The third-order valence-corrected chi connectivity index (χ3v) is 2.52. The summed E-state index contributed by atoms with van der Waals surface area (Å²) in [6.07, 6.45) is 1.66. The van der Waals surface area contributed by atoms with Crippen molar-refractivity contribution in [2.45, 2.75) is 13.5 Å². The maximum absolute atomic E-state index is 13.2. The van der Waals surface area contributed by atoms with Gasteiger partial charge in [-0.1, -0.05) is 6.07 Å². The van der Waals surface area contributed by atoms with E-state index in [1.807, 2.05) is 13.0 Å². The molecule has 1 aromatic heterocycles. The van der Waals surface area contributed by atoms with E-state index in [0.29, 0.717) is 12.1 Å². The first kappa shape index (κ1) is 11.3. The zero-order chi connectivity index (χ0) is 12.4. The number of aromatic nitrogens is 2. The smallest absolute Gasteiger partial charge is 0.338 e. The van der Waals surface area contributed by atoms with Gasteiger partial charge in [-0.3, -0.25) is 4.68 Å². The fourth-order valence-corrected chi connectivity index (χ4v) is 1.57. The van der Waals surface area contributed by atoms with Crippen molar-refractivity contribution >= 4 is 5.97 Å². The van der Waals surface area contributed by atoms with Crippen LogP contribution in [0.2, 0.25) is 0 Å². The monoisotopic (exact) mass is 234 g/mol. The van der Waals surface area contributed by atoms with Gasteiger partial charge in [0.25, 0.3) is 0 Å². The van der Waals surface area contributed by atoms with Gasteiger partial charge in [-0.15, -0.1) is 0 Å². The Morgan fingerprint density at radius 1 is 1.47 bits per heavy atom. The Hall–Kier alpha value is -2.17. The van der Waals surface area contributed by atoms with Gasteiger partial charge >= 0.3 is 5.97 Å². The molecule has 0 spiro atoms. The molecule has 0 aliphatic carbocycles. The maximum Gasteiger partial charge on any atom is 0.338 e. The molecule has 2 aromatic rings. The molecule has 0 saturated heterocycles. The summed E-state index contributed by atoms with van der Waals surface area (Å²) < 4.78 is 14.9.